The number of furan rings is 1. The van der Waals surface area contributed by atoms with Gasteiger partial charge < -0.3 is 9.73 Å². The molecule has 2 rings (SSSR count). The van der Waals surface area contributed by atoms with E-state index in [2.05, 4.69) is 40.3 Å². The largest absolute Gasteiger partial charge is 0.457 e. The van der Waals surface area contributed by atoms with Crippen LogP contribution in [0, 0.1) is 6.92 Å². The van der Waals surface area contributed by atoms with E-state index >= 15 is 0 Å². The van der Waals surface area contributed by atoms with Crippen LogP contribution in [0.1, 0.15) is 21.4 Å². The highest BCUT2D eigenvalue weighted by Crippen LogP contribution is 2.32. The summed E-state index contributed by atoms with van der Waals surface area (Å²) < 4.78 is 6.06. The topological polar surface area (TPSA) is 25.2 Å². The summed E-state index contributed by atoms with van der Waals surface area (Å²) in [5, 5.41) is 3.30. The van der Waals surface area contributed by atoms with Crippen LogP contribution in [0.2, 0.25) is 0 Å². The van der Waals surface area contributed by atoms with Crippen LogP contribution in [-0.2, 0) is 0 Å². The molecule has 0 aromatic carbocycles. The average Bonchev–Trinajstić information content (AvgIpc) is 2.79. The number of hydrogen-bond donors (Lipinski definition) is 1. The van der Waals surface area contributed by atoms with E-state index < -0.39 is 0 Å². The van der Waals surface area contributed by atoms with Gasteiger partial charge in [-0.1, -0.05) is 0 Å². The maximum absolute atomic E-state index is 5.26. The monoisotopic (exact) mass is 285 g/mol. The molecule has 15 heavy (non-hydrogen) atoms. The molecule has 0 aliphatic heterocycles. The Balaban J connectivity index is 2.36. The molecule has 80 valence electrons. The second-order valence-corrected chi connectivity index (χ2v) is 5.36. The van der Waals surface area contributed by atoms with Crippen LogP contribution < -0.4 is 5.32 Å². The predicted octanol–water partition coefficient (Wildman–Crippen LogP) is 3.72. The fourth-order valence-electron chi connectivity index (χ4n) is 1.57. The van der Waals surface area contributed by atoms with Gasteiger partial charge in [0.1, 0.15) is 0 Å². The fraction of sp³-hybridized carbons (Fsp3) is 0.273. The molecule has 0 saturated carbocycles. The van der Waals surface area contributed by atoms with Crippen LogP contribution in [0.15, 0.2) is 33.5 Å². The van der Waals surface area contributed by atoms with E-state index in [0.29, 0.717) is 0 Å². The predicted molar refractivity (Wildman–Crippen MR) is 66.4 cm³/mol. The Morgan fingerprint density at radius 2 is 2.20 bits per heavy atom. The lowest BCUT2D eigenvalue weighted by Gasteiger charge is -2.12. The van der Waals surface area contributed by atoms with Crippen molar-refractivity contribution in [3.05, 3.63) is 44.4 Å². The molecule has 2 heterocycles. The summed E-state index contributed by atoms with van der Waals surface area (Å²) in [5.41, 5.74) is 1.14. The molecule has 2 aromatic heterocycles. The smallest absolute Gasteiger partial charge is 0.174 e. The van der Waals surface area contributed by atoms with Gasteiger partial charge >= 0.3 is 0 Å². The summed E-state index contributed by atoms with van der Waals surface area (Å²) in [4.78, 5) is 2.63. The zero-order valence-corrected chi connectivity index (χ0v) is 11.0. The third-order valence-electron chi connectivity index (χ3n) is 2.29. The second kappa shape index (κ2) is 4.51. The third kappa shape index (κ3) is 2.17. The van der Waals surface area contributed by atoms with Gasteiger partial charge in [0.05, 0.1) is 12.3 Å². The second-order valence-electron chi connectivity index (χ2n) is 3.32. The molecule has 0 radical (unpaired) electrons. The van der Waals surface area contributed by atoms with Crippen molar-refractivity contribution >= 4 is 27.3 Å². The Kier molecular flexibility index (Phi) is 3.29. The van der Waals surface area contributed by atoms with Crippen molar-refractivity contribution in [3.8, 4) is 0 Å². The molecule has 1 unspecified atom stereocenters. The van der Waals surface area contributed by atoms with Gasteiger partial charge in [-0.05, 0) is 48.1 Å². The van der Waals surface area contributed by atoms with Gasteiger partial charge in [0, 0.05) is 15.3 Å². The Bertz CT molecular complexity index is 449. The molecule has 4 heteroatoms. The van der Waals surface area contributed by atoms with Gasteiger partial charge in [0.25, 0.3) is 0 Å². The molecule has 1 N–H and O–H groups in total. The number of rotatable bonds is 3. The van der Waals surface area contributed by atoms with E-state index in [9.17, 15) is 0 Å². The van der Waals surface area contributed by atoms with Gasteiger partial charge in [-0.3, -0.25) is 0 Å². The maximum Gasteiger partial charge on any atom is 0.174 e. The van der Waals surface area contributed by atoms with E-state index in [-0.39, 0.29) is 6.04 Å². The number of thiophene rings is 1. The maximum atomic E-state index is 5.26. The summed E-state index contributed by atoms with van der Waals surface area (Å²) in [6, 6.07) is 6.48. The van der Waals surface area contributed by atoms with Gasteiger partial charge in [0.2, 0.25) is 0 Å². The normalized spacial score (nSPS) is 13.0. The number of hydrogen-bond acceptors (Lipinski definition) is 3. The summed E-state index contributed by atoms with van der Waals surface area (Å²) in [6.07, 6.45) is 1.70. The molecule has 0 aliphatic rings. The molecule has 0 saturated heterocycles. The van der Waals surface area contributed by atoms with Crippen molar-refractivity contribution in [1.29, 1.82) is 0 Å². The van der Waals surface area contributed by atoms with Crippen LogP contribution in [0.5, 0.6) is 0 Å². The highest BCUT2D eigenvalue weighted by Gasteiger charge is 2.18. The Morgan fingerprint density at radius 1 is 1.40 bits per heavy atom. The Labute approximate surface area is 101 Å². The molecule has 0 aliphatic carbocycles. The Hall–Kier alpha value is -0.580. The molecule has 2 nitrogen and oxygen atoms in total. The molecule has 2 aromatic rings. The first-order valence-electron chi connectivity index (χ1n) is 4.69. The van der Waals surface area contributed by atoms with Crippen molar-refractivity contribution < 1.29 is 4.42 Å². The first-order chi connectivity index (χ1) is 7.22. The number of aryl methyl sites for hydroxylation is 1. The minimum Gasteiger partial charge on any atom is -0.457 e. The van der Waals surface area contributed by atoms with Crippen molar-refractivity contribution in [1.82, 2.24) is 5.32 Å². The highest BCUT2D eigenvalue weighted by atomic mass is 79.9. The Morgan fingerprint density at radius 3 is 2.67 bits per heavy atom. The van der Waals surface area contributed by atoms with E-state index in [1.807, 2.05) is 13.1 Å². The molecule has 0 fully saturated rings. The summed E-state index contributed by atoms with van der Waals surface area (Å²) in [6.45, 7) is 2.12. The lowest BCUT2D eigenvalue weighted by atomic mass is 10.1. The number of halogens is 1. The highest BCUT2D eigenvalue weighted by molar-refractivity contribution is 9.10. The lowest BCUT2D eigenvalue weighted by molar-refractivity contribution is 0.531. The standard InChI is InChI=1S/C11H12BrNOS/c1-7-3-4-9(15-7)10(13-2)8-5-6-14-11(8)12/h3-6,10,13H,1-2H3. The third-order valence-corrected chi connectivity index (χ3v) is 4.00. The minimum absolute atomic E-state index is 0.205. The minimum atomic E-state index is 0.205. The van der Waals surface area contributed by atoms with Gasteiger partial charge in [-0.15, -0.1) is 11.3 Å². The van der Waals surface area contributed by atoms with Crippen LogP contribution >= 0.6 is 27.3 Å². The van der Waals surface area contributed by atoms with Crippen LogP contribution in [0.4, 0.5) is 0 Å². The fourth-order valence-corrected chi connectivity index (χ4v) is 3.05. The lowest BCUT2D eigenvalue weighted by Crippen LogP contribution is -2.16. The summed E-state index contributed by atoms with van der Waals surface area (Å²) in [7, 11) is 1.96. The van der Waals surface area contributed by atoms with Gasteiger partial charge in [-0.25, -0.2) is 0 Å². The van der Waals surface area contributed by atoms with Gasteiger partial charge in [0.15, 0.2) is 4.67 Å². The van der Waals surface area contributed by atoms with Crippen molar-refractivity contribution in [2.24, 2.45) is 0 Å². The zero-order valence-electron chi connectivity index (χ0n) is 8.58. The van der Waals surface area contributed by atoms with E-state index in [1.54, 1.807) is 17.6 Å². The van der Waals surface area contributed by atoms with E-state index in [1.165, 1.54) is 9.75 Å². The first kappa shape index (κ1) is 10.9. The SMILES string of the molecule is CNC(c1ccc(C)s1)c1ccoc1Br. The average molecular weight is 286 g/mol. The van der Waals surface area contributed by atoms with Crippen molar-refractivity contribution in [3.63, 3.8) is 0 Å². The quantitative estimate of drug-likeness (QED) is 0.930. The molecule has 0 amide bonds. The summed E-state index contributed by atoms with van der Waals surface area (Å²) >= 11 is 5.21. The molecular weight excluding hydrogens is 274 g/mol. The van der Waals surface area contributed by atoms with Crippen LogP contribution in [-0.4, -0.2) is 7.05 Å². The van der Waals surface area contributed by atoms with Gasteiger partial charge in [-0.2, -0.15) is 0 Å². The number of nitrogens with one attached hydrogen (secondary N) is 1. The molecule has 1 atom stereocenters. The van der Waals surface area contributed by atoms with Crippen molar-refractivity contribution in [2.75, 3.05) is 7.05 Å². The van der Waals surface area contributed by atoms with Crippen molar-refractivity contribution in [2.45, 2.75) is 13.0 Å². The van der Waals surface area contributed by atoms with E-state index in [4.69, 9.17) is 4.42 Å². The van der Waals surface area contributed by atoms with E-state index in [0.717, 1.165) is 10.2 Å². The molecular formula is C11H12BrNOS. The van der Waals surface area contributed by atoms with Crippen LogP contribution in [0.25, 0.3) is 0 Å². The molecule has 0 spiro atoms. The molecule has 0 bridgehead atoms. The zero-order chi connectivity index (χ0) is 10.8. The van der Waals surface area contributed by atoms with Crippen LogP contribution in [0.3, 0.4) is 0 Å². The summed E-state index contributed by atoms with van der Waals surface area (Å²) in [5.74, 6) is 0. The first-order valence-corrected chi connectivity index (χ1v) is 6.30.